The lowest BCUT2D eigenvalue weighted by Crippen LogP contribution is -2.22. The molecule has 218 valence electrons. The molecule has 0 aliphatic heterocycles. The summed E-state index contributed by atoms with van der Waals surface area (Å²) in [6.45, 7) is 14.2. The third-order valence-corrected chi connectivity index (χ3v) is 9.09. The van der Waals surface area contributed by atoms with Crippen LogP contribution in [0, 0.1) is 23.7 Å². The van der Waals surface area contributed by atoms with Crippen LogP contribution in [0.15, 0.2) is 133 Å². The Bertz CT molecular complexity index is 1650. The number of hydrogen-bond donors (Lipinski definition) is 0. The molecule has 0 amide bonds. The zero-order valence-corrected chi connectivity index (χ0v) is 26.5. The number of hydrogen-bond acceptors (Lipinski definition) is 2. The minimum absolute atomic E-state index is 0.219. The van der Waals surface area contributed by atoms with Gasteiger partial charge in [0.05, 0.1) is 0 Å². The first-order valence-corrected chi connectivity index (χ1v) is 15.6. The van der Waals surface area contributed by atoms with Crippen LogP contribution in [0.3, 0.4) is 0 Å². The molecule has 0 radical (unpaired) electrons. The van der Waals surface area contributed by atoms with Crippen LogP contribution >= 0.6 is 0 Å². The van der Waals surface area contributed by atoms with Gasteiger partial charge >= 0.3 is 0 Å². The summed E-state index contributed by atoms with van der Waals surface area (Å²) in [7, 11) is 0. The van der Waals surface area contributed by atoms with Gasteiger partial charge in [-0.3, -0.25) is 0 Å². The van der Waals surface area contributed by atoms with Crippen LogP contribution in [0.4, 0.5) is 34.1 Å². The Morgan fingerprint density at radius 2 is 0.953 bits per heavy atom. The Morgan fingerprint density at radius 1 is 0.558 bits per heavy atom. The molecule has 6 rings (SSSR count). The van der Waals surface area contributed by atoms with Crippen molar-refractivity contribution in [3.63, 3.8) is 0 Å². The molecule has 2 heteroatoms. The van der Waals surface area contributed by atoms with E-state index in [1.165, 1.54) is 23.2 Å². The molecule has 2 nitrogen and oxygen atoms in total. The van der Waals surface area contributed by atoms with E-state index in [2.05, 4.69) is 185 Å². The number of rotatable bonds is 8. The molecule has 5 aromatic carbocycles. The lowest BCUT2D eigenvalue weighted by Gasteiger charge is -2.33. The van der Waals surface area contributed by atoms with Crippen molar-refractivity contribution < 1.29 is 0 Å². The lowest BCUT2D eigenvalue weighted by atomic mass is 9.72. The molecule has 43 heavy (non-hydrogen) atoms. The maximum atomic E-state index is 2.42. The van der Waals surface area contributed by atoms with E-state index in [4.69, 9.17) is 0 Å². The molecule has 2 atom stereocenters. The van der Waals surface area contributed by atoms with E-state index in [1.54, 1.807) is 0 Å². The van der Waals surface area contributed by atoms with Crippen LogP contribution in [0.25, 0.3) is 0 Å². The summed E-state index contributed by atoms with van der Waals surface area (Å²) in [4.78, 5) is 4.69. The largest absolute Gasteiger partial charge is 0.311 e. The SMILES string of the molecule is Cc1cccc(N(c2ccccc2)c2ccc(N(c3ccccc3)c3ccc(C(C4CC4(C)C)C(C)(C)C)cc3)cc2)c1. The van der Waals surface area contributed by atoms with Gasteiger partial charge in [0, 0.05) is 34.1 Å². The van der Waals surface area contributed by atoms with E-state index < -0.39 is 0 Å². The van der Waals surface area contributed by atoms with Gasteiger partial charge in [0.15, 0.2) is 0 Å². The van der Waals surface area contributed by atoms with Gasteiger partial charge in [-0.15, -0.1) is 0 Å². The third kappa shape index (κ3) is 6.11. The number of anilines is 6. The van der Waals surface area contributed by atoms with Crippen molar-refractivity contribution in [3.05, 3.63) is 145 Å². The molecular formula is C41H44N2. The first-order chi connectivity index (χ1) is 20.6. The molecule has 1 fully saturated rings. The Balaban J connectivity index is 1.37. The molecule has 1 saturated carbocycles. The van der Waals surface area contributed by atoms with Gasteiger partial charge in [-0.1, -0.05) is 95.3 Å². The highest BCUT2D eigenvalue weighted by atomic mass is 15.2. The molecule has 1 aliphatic rings. The van der Waals surface area contributed by atoms with Crippen molar-refractivity contribution in [1.82, 2.24) is 0 Å². The second-order valence-corrected chi connectivity index (χ2v) is 13.9. The summed E-state index contributed by atoms with van der Waals surface area (Å²) < 4.78 is 0. The molecule has 5 aromatic rings. The van der Waals surface area contributed by atoms with Crippen LogP contribution in [0.2, 0.25) is 0 Å². The van der Waals surface area contributed by atoms with E-state index in [0.29, 0.717) is 11.3 Å². The monoisotopic (exact) mass is 564 g/mol. The maximum Gasteiger partial charge on any atom is 0.0464 e. The van der Waals surface area contributed by atoms with Gasteiger partial charge in [0.25, 0.3) is 0 Å². The molecule has 0 aromatic heterocycles. The smallest absolute Gasteiger partial charge is 0.0464 e. The van der Waals surface area contributed by atoms with Crippen molar-refractivity contribution in [2.24, 2.45) is 16.7 Å². The van der Waals surface area contributed by atoms with Gasteiger partial charge < -0.3 is 9.80 Å². The summed E-state index contributed by atoms with van der Waals surface area (Å²) in [5.41, 5.74) is 10.2. The first kappa shape index (κ1) is 28.8. The van der Waals surface area contributed by atoms with Crippen LogP contribution in [0.5, 0.6) is 0 Å². The highest BCUT2D eigenvalue weighted by Gasteiger charge is 2.53. The number of para-hydroxylation sites is 2. The average Bonchev–Trinajstić information content (AvgIpc) is 3.61. The Labute approximate surface area is 258 Å². The highest BCUT2D eigenvalue weighted by molar-refractivity contribution is 5.81. The standard InChI is InChI=1S/C41H44N2/c1-30-14-13-19-37(28-30)43(33-17-11-8-12-18-33)36-26-24-35(25-27-36)42(32-15-9-7-10-16-32)34-22-20-31(21-23-34)39(40(2,3)4)38-29-41(38,5)6/h7-28,38-39H,29H2,1-6H3. The fourth-order valence-corrected chi connectivity index (χ4v) is 6.81. The molecule has 0 heterocycles. The Kier molecular flexibility index (Phi) is 7.65. The molecule has 0 bridgehead atoms. The number of aryl methyl sites for hydroxylation is 1. The van der Waals surface area contributed by atoms with E-state index in [1.807, 2.05) is 0 Å². The molecule has 0 spiro atoms. The quantitative estimate of drug-likeness (QED) is 0.185. The fourth-order valence-electron chi connectivity index (χ4n) is 6.81. The minimum Gasteiger partial charge on any atom is -0.311 e. The summed E-state index contributed by atoms with van der Waals surface area (Å²) in [5.74, 6) is 1.28. The second-order valence-electron chi connectivity index (χ2n) is 13.9. The predicted octanol–water partition coefficient (Wildman–Crippen LogP) is 12.1. The predicted molar refractivity (Wildman–Crippen MR) is 185 cm³/mol. The summed E-state index contributed by atoms with van der Waals surface area (Å²) in [5, 5.41) is 0. The molecule has 1 aliphatic carbocycles. The molecule has 0 saturated heterocycles. The third-order valence-electron chi connectivity index (χ3n) is 9.09. The summed E-state index contributed by atoms with van der Waals surface area (Å²) >= 11 is 0. The van der Waals surface area contributed by atoms with Gasteiger partial charge in [-0.2, -0.15) is 0 Å². The average molecular weight is 565 g/mol. The van der Waals surface area contributed by atoms with Crippen molar-refractivity contribution in [1.29, 1.82) is 0 Å². The first-order valence-electron chi connectivity index (χ1n) is 15.6. The van der Waals surface area contributed by atoms with Gasteiger partial charge in [0.1, 0.15) is 0 Å². The number of nitrogens with zero attached hydrogens (tertiary/aromatic N) is 2. The van der Waals surface area contributed by atoms with Gasteiger partial charge in [-0.25, -0.2) is 0 Å². The molecule has 2 unspecified atom stereocenters. The second kappa shape index (κ2) is 11.4. The maximum absolute atomic E-state index is 2.42. The summed E-state index contributed by atoms with van der Waals surface area (Å²) in [6.07, 6.45) is 1.31. The van der Waals surface area contributed by atoms with E-state index in [0.717, 1.165) is 34.4 Å². The van der Waals surface area contributed by atoms with Gasteiger partial charge in [-0.05, 0) is 120 Å². The zero-order chi connectivity index (χ0) is 30.2. The van der Waals surface area contributed by atoms with Crippen LogP contribution in [-0.4, -0.2) is 0 Å². The van der Waals surface area contributed by atoms with Gasteiger partial charge in [0.2, 0.25) is 0 Å². The summed E-state index contributed by atoms with van der Waals surface area (Å²) in [6, 6.07) is 48.3. The zero-order valence-electron chi connectivity index (χ0n) is 26.5. The Hall–Kier alpha value is -4.30. The van der Waals surface area contributed by atoms with Crippen LogP contribution < -0.4 is 9.80 Å². The van der Waals surface area contributed by atoms with E-state index in [-0.39, 0.29) is 5.41 Å². The number of benzene rings is 5. The van der Waals surface area contributed by atoms with E-state index >= 15 is 0 Å². The molecular weight excluding hydrogens is 520 g/mol. The topological polar surface area (TPSA) is 6.48 Å². The van der Waals surface area contributed by atoms with Crippen LogP contribution in [0.1, 0.15) is 58.1 Å². The van der Waals surface area contributed by atoms with Crippen molar-refractivity contribution in [2.75, 3.05) is 9.80 Å². The van der Waals surface area contributed by atoms with Crippen molar-refractivity contribution in [2.45, 2.75) is 53.9 Å². The Morgan fingerprint density at radius 3 is 1.37 bits per heavy atom. The normalized spacial score (nSPS) is 16.4. The fraction of sp³-hybridized carbons (Fsp3) is 0.268. The highest BCUT2D eigenvalue weighted by Crippen LogP contribution is 2.63. The van der Waals surface area contributed by atoms with E-state index in [9.17, 15) is 0 Å². The lowest BCUT2D eigenvalue weighted by molar-refractivity contribution is 0.268. The minimum atomic E-state index is 0.219. The van der Waals surface area contributed by atoms with Crippen molar-refractivity contribution >= 4 is 34.1 Å². The molecule has 0 N–H and O–H groups in total. The van der Waals surface area contributed by atoms with Crippen LogP contribution in [-0.2, 0) is 0 Å². The van der Waals surface area contributed by atoms with Crippen molar-refractivity contribution in [3.8, 4) is 0 Å².